The molecule has 1 aromatic carbocycles. The summed E-state index contributed by atoms with van der Waals surface area (Å²) in [6.45, 7) is 0. The van der Waals surface area contributed by atoms with E-state index in [-0.39, 0.29) is 18.6 Å². The second kappa shape index (κ2) is 10.5. The van der Waals surface area contributed by atoms with Crippen LogP contribution < -0.4 is 16.4 Å². The van der Waals surface area contributed by atoms with Gasteiger partial charge >= 0.3 is 5.97 Å². The van der Waals surface area contributed by atoms with Gasteiger partial charge in [0.15, 0.2) is 0 Å². The molecule has 6 N–H and O–H groups in total. The van der Waals surface area contributed by atoms with Crippen molar-refractivity contribution < 1.29 is 19.5 Å². The van der Waals surface area contributed by atoms with Gasteiger partial charge in [-0.15, -0.1) is 0 Å². The van der Waals surface area contributed by atoms with Crippen LogP contribution >= 0.6 is 12.6 Å². The number of nitrogens with two attached hydrogens (primary N) is 1. The SMILES string of the molecule is NC(CS)C(=O)NC(Cc1ccccc1)C(=O)NC(Cc1cnc[nH]1)C(=O)O. The average molecular weight is 405 g/mol. The highest BCUT2D eigenvalue weighted by Crippen LogP contribution is 2.06. The topological polar surface area (TPSA) is 150 Å². The number of imidazole rings is 1. The Hall–Kier alpha value is -2.85. The molecule has 150 valence electrons. The Labute approximate surface area is 167 Å². The molecule has 0 fully saturated rings. The molecular weight excluding hydrogens is 382 g/mol. The Bertz CT molecular complexity index is 785. The number of aromatic amines is 1. The number of carboxylic acids is 1. The monoisotopic (exact) mass is 405 g/mol. The van der Waals surface area contributed by atoms with E-state index in [1.165, 1.54) is 12.5 Å². The van der Waals surface area contributed by atoms with Crippen LogP contribution in [0.4, 0.5) is 0 Å². The molecule has 2 aromatic rings. The highest BCUT2D eigenvalue weighted by atomic mass is 32.1. The van der Waals surface area contributed by atoms with Gasteiger partial charge in [0.1, 0.15) is 12.1 Å². The van der Waals surface area contributed by atoms with Crippen LogP contribution in [0.25, 0.3) is 0 Å². The van der Waals surface area contributed by atoms with Crippen LogP contribution in [-0.4, -0.2) is 56.7 Å². The molecule has 1 aromatic heterocycles. The number of nitrogens with one attached hydrogen (secondary N) is 3. The second-order valence-electron chi connectivity index (χ2n) is 6.22. The molecular formula is C18H23N5O4S. The van der Waals surface area contributed by atoms with Gasteiger partial charge in [0, 0.05) is 30.5 Å². The summed E-state index contributed by atoms with van der Waals surface area (Å²) in [6, 6.07) is 6.03. The highest BCUT2D eigenvalue weighted by molar-refractivity contribution is 7.80. The van der Waals surface area contributed by atoms with E-state index in [0.717, 1.165) is 5.56 Å². The van der Waals surface area contributed by atoms with Gasteiger partial charge in [-0.25, -0.2) is 9.78 Å². The molecule has 0 aliphatic rings. The number of hydrogen-bond donors (Lipinski definition) is 6. The Morgan fingerprint density at radius 3 is 2.36 bits per heavy atom. The number of aromatic nitrogens is 2. The molecule has 0 bridgehead atoms. The lowest BCUT2D eigenvalue weighted by molar-refractivity contribution is -0.142. The summed E-state index contributed by atoms with van der Waals surface area (Å²) >= 11 is 3.99. The molecule has 2 amide bonds. The Kier molecular flexibility index (Phi) is 8.02. The van der Waals surface area contributed by atoms with Crippen molar-refractivity contribution in [2.45, 2.75) is 31.0 Å². The third-order valence-electron chi connectivity index (χ3n) is 4.04. The third kappa shape index (κ3) is 6.39. The summed E-state index contributed by atoms with van der Waals surface area (Å²) in [4.78, 5) is 43.1. The van der Waals surface area contributed by atoms with Crippen LogP contribution in [0.2, 0.25) is 0 Å². The molecule has 3 atom stereocenters. The van der Waals surface area contributed by atoms with Crippen LogP contribution in [0.5, 0.6) is 0 Å². The maximum Gasteiger partial charge on any atom is 0.326 e. The number of H-pyrrole nitrogens is 1. The van der Waals surface area contributed by atoms with Crippen LogP contribution in [-0.2, 0) is 27.2 Å². The molecule has 0 aliphatic carbocycles. The standard InChI is InChI=1S/C18H23N5O4S/c19-13(9-28)16(24)22-14(6-11-4-2-1-3-5-11)17(25)23-15(18(26)27)7-12-8-20-10-21-12/h1-5,8,10,13-15,28H,6-7,9,19H2,(H,20,21)(H,22,24)(H,23,25)(H,26,27). The van der Waals surface area contributed by atoms with E-state index in [1.807, 2.05) is 30.3 Å². The van der Waals surface area contributed by atoms with Gasteiger partial charge in [-0.3, -0.25) is 9.59 Å². The van der Waals surface area contributed by atoms with E-state index >= 15 is 0 Å². The summed E-state index contributed by atoms with van der Waals surface area (Å²) in [5, 5.41) is 14.5. The van der Waals surface area contributed by atoms with Crippen molar-refractivity contribution >= 4 is 30.4 Å². The van der Waals surface area contributed by atoms with Gasteiger partial charge in [-0.2, -0.15) is 12.6 Å². The molecule has 0 spiro atoms. The molecule has 0 saturated heterocycles. The van der Waals surface area contributed by atoms with Gasteiger partial charge < -0.3 is 26.5 Å². The zero-order valence-corrected chi connectivity index (χ0v) is 15.9. The first-order valence-corrected chi connectivity index (χ1v) is 9.25. The molecule has 9 nitrogen and oxygen atoms in total. The predicted molar refractivity (Wildman–Crippen MR) is 106 cm³/mol. The van der Waals surface area contributed by atoms with Crippen LogP contribution in [0.1, 0.15) is 11.3 Å². The Balaban J connectivity index is 2.13. The van der Waals surface area contributed by atoms with E-state index in [4.69, 9.17) is 5.73 Å². The predicted octanol–water partition coefficient (Wildman–Crippen LogP) is -0.494. The number of carbonyl (C=O) groups is 3. The molecule has 28 heavy (non-hydrogen) atoms. The van der Waals surface area contributed by atoms with E-state index < -0.39 is 35.9 Å². The van der Waals surface area contributed by atoms with Crippen LogP contribution in [0, 0.1) is 0 Å². The second-order valence-corrected chi connectivity index (χ2v) is 6.59. The highest BCUT2D eigenvalue weighted by Gasteiger charge is 2.28. The minimum absolute atomic E-state index is 0.0310. The fourth-order valence-electron chi connectivity index (χ4n) is 2.51. The lowest BCUT2D eigenvalue weighted by Gasteiger charge is -2.22. The quantitative estimate of drug-likeness (QED) is 0.294. The van der Waals surface area contributed by atoms with Crippen molar-refractivity contribution in [2.75, 3.05) is 5.75 Å². The number of thiol groups is 1. The number of aliphatic carboxylic acids is 1. The maximum atomic E-state index is 12.8. The van der Waals surface area contributed by atoms with Crippen molar-refractivity contribution in [2.24, 2.45) is 5.73 Å². The summed E-state index contributed by atoms with van der Waals surface area (Å²) in [5.74, 6) is -2.23. The van der Waals surface area contributed by atoms with Crippen molar-refractivity contribution in [3.05, 3.63) is 54.1 Å². The molecule has 0 saturated carbocycles. The first kappa shape index (κ1) is 21.5. The maximum absolute atomic E-state index is 12.8. The smallest absolute Gasteiger partial charge is 0.326 e. The molecule has 0 aliphatic heterocycles. The summed E-state index contributed by atoms with van der Waals surface area (Å²) in [5.41, 5.74) is 7.04. The largest absolute Gasteiger partial charge is 0.480 e. The van der Waals surface area contributed by atoms with Crippen LogP contribution in [0.15, 0.2) is 42.9 Å². The van der Waals surface area contributed by atoms with Crippen molar-refractivity contribution in [3.8, 4) is 0 Å². The zero-order chi connectivity index (χ0) is 20.5. The summed E-state index contributed by atoms with van der Waals surface area (Å²) in [7, 11) is 0. The van der Waals surface area contributed by atoms with Crippen molar-refractivity contribution in [1.29, 1.82) is 0 Å². The first-order chi connectivity index (χ1) is 13.4. The number of benzene rings is 1. The lowest BCUT2D eigenvalue weighted by Crippen LogP contribution is -2.55. The van der Waals surface area contributed by atoms with E-state index in [9.17, 15) is 19.5 Å². The van der Waals surface area contributed by atoms with Crippen molar-refractivity contribution in [1.82, 2.24) is 20.6 Å². The Morgan fingerprint density at radius 2 is 1.79 bits per heavy atom. The third-order valence-corrected chi connectivity index (χ3v) is 4.44. The van der Waals surface area contributed by atoms with E-state index in [2.05, 4.69) is 33.2 Å². The number of carboxylic acid groups (broad SMARTS) is 1. The zero-order valence-electron chi connectivity index (χ0n) is 15.0. The van der Waals surface area contributed by atoms with Gasteiger partial charge in [0.25, 0.3) is 0 Å². The van der Waals surface area contributed by atoms with Gasteiger partial charge in [0.2, 0.25) is 11.8 Å². The normalized spacial score (nSPS) is 13.9. The number of amides is 2. The number of carbonyl (C=O) groups excluding carboxylic acids is 2. The van der Waals surface area contributed by atoms with Crippen molar-refractivity contribution in [3.63, 3.8) is 0 Å². The first-order valence-electron chi connectivity index (χ1n) is 8.62. The Morgan fingerprint density at radius 1 is 1.11 bits per heavy atom. The summed E-state index contributed by atoms with van der Waals surface area (Å²) in [6.07, 6.45) is 3.13. The average Bonchev–Trinajstić information content (AvgIpc) is 3.20. The lowest BCUT2D eigenvalue weighted by atomic mass is 10.0. The minimum Gasteiger partial charge on any atom is -0.480 e. The number of nitrogens with zero attached hydrogens (tertiary/aromatic N) is 1. The van der Waals surface area contributed by atoms with Gasteiger partial charge in [-0.1, -0.05) is 30.3 Å². The summed E-state index contributed by atoms with van der Waals surface area (Å²) < 4.78 is 0. The molecule has 1 heterocycles. The van der Waals surface area contributed by atoms with E-state index in [0.29, 0.717) is 5.69 Å². The molecule has 0 radical (unpaired) electrons. The van der Waals surface area contributed by atoms with E-state index in [1.54, 1.807) is 0 Å². The molecule has 10 heteroatoms. The fraction of sp³-hybridized carbons (Fsp3) is 0.333. The number of hydrogen-bond acceptors (Lipinski definition) is 6. The van der Waals surface area contributed by atoms with Crippen LogP contribution in [0.3, 0.4) is 0 Å². The minimum atomic E-state index is -1.19. The molecule has 3 unspecified atom stereocenters. The number of rotatable bonds is 10. The van der Waals surface area contributed by atoms with Gasteiger partial charge in [0.05, 0.1) is 12.4 Å². The fourth-order valence-corrected chi connectivity index (χ4v) is 2.68. The van der Waals surface area contributed by atoms with Gasteiger partial charge in [-0.05, 0) is 5.56 Å². The molecule has 2 rings (SSSR count).